The van der Waals surface area contributed by atoms with E-state index in [1.54, 1.807) is 13.4 Å². The minimum absolute atomic E-state index is 0.0630. The third-order valence-electron chi connectivity index (χ3n) is 4.66. The first-order valence-corrected chi connectivity index (χ1v) is 9.62. The molecule has 1 aliphatic carbocycles. The molecule has 7 heteroatoms. The lowest BCUT2D eigenvalue weighted by Gasteiger charge is -2.29. The molecule has 1 aromatic carbocycles. The molecule has 0 bridgehead atoms. The Morgan fingerprint density at radius 3 is 2.80 bits per heavy atom. The second kappa shape index (κ2) is 8.38. The lowest BCUT2D eigenvalue weighted by Crippen LogP contribution is -2.41. The average Bonchev–Trinajstić information content (AvgIpc) is 3.10. The summed E-state index contributed by atoms with van der Waals surface area (Å²) in [6, 6.07) is 7.97. The first-order chi connectivity index (χ1) is 12.2. The van der Waals surface area contributed by atoms with Crippen molar-refractivity contribution in [3.63, 3.8) is 0 Å². The van der Waals surface area contributed by atoms with Crippen molar-refractivity contribution >= 4 is 17.7 Å². The highest BCUT2D eigenvalue weighted by atomic mass is 32.2. The minimum atomic E-state index is 0.0630. The van der Waals surface area contributed by atoms with Gasteiger partial charge in [-0.3, -0.25) is 9.36 Å². The number of hydrogen-bond acceptors (Lipinski definition) is 5. The van der Waals surface area contributed by atoms with Gasteiger partial charge in [-0.15, -0.1) is 10.2 Å². The van der Waals surface area contributed by atoms with Gasteiger partial charge in [-0.25, -0.2) is 0 Å². The van der Waals surface area contributed by atoms with Gasteiger partial charge in [0, 0.05) is 11.7 Å². The minimum Gasteiger partial charge on any atom is -0.497 e. The van der Waals surface area contributed by atoms with Crippen LogP contribution in [0.2, 0.25) is 0 Å². The molecule has 1 aliphatic rings. The fourth-order valence-electron chi connectivity index (χ4n) is 3.15. The monoisotopic (exact) mass is 360 g/mol. The Kier molecular flexibility index (Phi) is 5.96. The number of benzene rings is 1. The summed E-state index contributed by atoms with van der Waals surface area (Å²) in [7, 11) is 1.64. The van der Waals surface area contributed by atoms with Crippen molar-refractivity contribution in [2.45, 2.75) is 43.8 Å². The van der Waals surface area contributed by atoms with E-state index in [9.17, 15) is 4.79 Å². The zero-order valence-corrected chi connectivity index (χ0v) is 15.5. The summed E-state index contributed by atoms with van der Waals surface area (Å²) in [5.74, 6) is 1.77. The first kappa shape index (κ1) is 17.8. The van der Waals surface area contributed by atoms with Crippen molar-refractivity contribution in [1.29, 1.82) is 0 Å². The Bertz CT molecular complexity index is 701. The fraction of sp³-hybridized carbons (Fsp3) is 0.500. The maximum atomic E-state index is 12.3. The summed E-state index contributed by atoms with van der Waals surface area (Å²) in [4.78, 5) is 12.3. The summed E-state index contributed by atoms with van der Waals surface area (Å²) >= 11 is 1.40. The molecular weight excluding hydrogens is 336 g/mol. The highest BCUT2D eigenvalue weighted by Crippen LogP contribution is 2.25. The molecule has 0 saturated heterocycles. The van der Waals surface area contributed by atoms with Crippen LogP contribution in [-0.4, -0.2) is 39.6 Å². The number of methoxy groups -OCH3 is 1. The molecule has 1 amide bonds. The summed E-state index contributed by atoms with van der Waals surface area (Å²) in [5.41, 5.74) is 0.939. The van der Waals surface area contributed by atoms with E-state index in [0.717, 1.165) is 17.9 Å². The largest absolute Gasteiger partial charge is 0.497 e. The number of thioether (sulfide) groups is 1. The smallest absolute Gasteiger partial charge is 0.230 e. The standard InChI is InChI=1S/C18H24N4O2S/c1-13-5-3-4-6-16(13)20-17(23)11-25-18-21-19-12-22(18)14-7-9-15(24-2)10-8-14/h7-10,12-13,16H,3-6,11H2,1-2H3,(H,20,23). The summed E-state index contributed by atoms with van der Waals surface area (Å²) in [6.45, 7) is 2.22. The molecule has 134 valence electrons. The first-order valence-electron chi connectivity index (χ1n) is 8.64. The van der Waals surface area contributed by atoms with Crippen molar-refractivity contribution in [2.75, 3.05) is 12.9 Å². The molecule has 1 fully saturated rings. The summed E-state index contributed by atoms with van der Waals surface area (Å²) < 4.78 is 7.05. The van der Waals surface area contributed by atoms with Gasteiger partial charge in [-0.1, -0.05) is 31.5 Å². The molecule has 1 heterocycles. The number of nitrogens with one attached hydrogen (secondary N) is 1. The number of hydrogen-bond donors (Lipinski definition) is 1. The van der Waals surface area contributed by atoms with Gasteiger partial charge < -0.3 is 10.1 Å². The highest BCUT2D eigenvalue weighted by Gasteiger charge is 2.23. The van der Waals surface area contributed by atoms with Crippen LogP contribution in [0, 0.1) is 5.92 Å². The quantitative estimate of drug-likeness (QED) is 0.802. The molecule has 1 saturated carbocycles. The molecule has 3 rings (SSSR count). The molecule has 2 aromatic rings. The van der Waals surface area contributed by atoms with Crippen molar-refractivity contribution in [2.24, 2.45) is 5.92 Å². The molecule has 1 aromatic heterocycles. The third kappa shape index (κ3) is 4.54. The van der Waals surface area contributed by atoms with Gasteiger partial charge in [-0.05, 0) is 43.0 Å². The number of carbonyl (C=O) groups is 1. The number of aromatic nitrogens is 3. The van der Waals surface area contributed by atoms with Gasteiger partial charge in [-0.2, -0.15) is 0 Å². The second-order valence-corrected chi connectivity index (χ2v) is 7.35. The van der Waals surface area contributed by atoms with Crippen molar-refractivity contribution in [1.82, 2.24) is 20.1 Å². The molecule has 25 heavy (non-hydrogen) atoms. The molecular formula is C18H24N4O2S. The SMILES string of the molecule is COc1ccc(-n2cnnc2SCC(=O)NC2CCCCC2C)cc1. The number of amides is 1. The highest BCUT2D eigenvalue weighted by molar-refractivity contribution is 7.99. The summed E-state index contributed by atoms with van der Waals surface area (Å²) in [6.07, 6.45) is 6.41. The molecule has 0 radical (unpaired) electrons. The van der Waals surface area contributed by atoms with Crippen LogP contribution in [0.3, 0.4) is 0 Å². The Morgan fingerprint density at radius 1 is 1.32 bits per heavy atom. The number of nitrogens with zero attached hydrogens (tertiary/aromatic N) is 3. The number of carbonyl (C=O) groups excluding carboxylic acids is 1. The zero-order valence-electron chi connectivity index (χ0n) is 14.6. The van der Waals surface area contributed by atoms with Crippen molar-refractivity contribution in [3.8, 4) is 11.4 Å². The van der Waals surface area contributed by atoms with Crippen LogP contribution in [0.4, 0.5) is 0 Å². The van der Waals surface area contributed by atoms with Crippen LogP contribution in [-0.2, 0) is 4.79 Å². The van der Waals surface area contributed by atoms with Crippen LogP contribution in [0.25, 0.3) is 5.69 Å². The second-order valence-electron chi connectivity index (χ2n) is 6.41. The number of rotatable bonds is 6. The van der Waals surface area contributed by atoms with E-state index in [4.69, 9.17) is 4.74 Å². The van der Waals surface area contributed by atoms with E-state index in [-0.39, 0.29) is 5.91 Å². The van der Waals surface area contributed by atoms with Crippen LogP contribution in [0.5, 0.6) is 5.75 Å². The van der Waals surface area contributed by atoms with E-state index in [2.05, 4.69) is 22.4 Å². The van der Waals surface area contributed by atoms with Crippen molar-refractivity contribution < 1.29 is 9.53 Å². The molecule has 0 aliphatic heterocycles. The van der Waals surface area contributed by atoms with E-state index < -0.39 is 0 Å². The summed E-state index contributed by atoms with van der Waals surface area (Å²) in [5, 5.41) is 12.0. The van der Waals surface area contributed by atoms with E-state index in [1.165, 1.54) is 31.0 Å². The average molecular weight is 360 g/mol. The van der Waals surface area contributed by atoms with Gasteiger partial charge in [0.1, 0.15) is 12.1 Å². The Morgan fingerprint density at radius 2 is 2.08 bits per heavy atom. The molecule has 6 nitrogen and oxygen atoms in total. The van der Waals surface area contributed by atoms with Gasteiger partial charge in [0.15, 0.2) is 5.16 Å². The predicted molar refractivity (Wildman–Crippen MR) is 98.2 cm³/mol. The Balaban J connectivity index is 1.58. The van der Waals surface area contributed by atoms with Gasteiger partial charge in [0.25, 0.3) is 0 Å². The predicted octanol–water partition coefficient (Wildman–Crippen LogP) is 3.06. The van der Waals surface area contributed by atoms with Crippen LogP contribution in [0.1, 0.15) is 32.6 Å². The normalized spacial score (nSPS) is 20.2. The molecule has 2 atom stereocenters. The number of ether oxygens (including phenoxy) is 1. The van der Waals surface area contributed by atoms with Gasteiger partial charge in [0.05, 0.1) is 12.9 Å². The lowest BCUT2D eigenvalue weighted by molar-refractivity contribution is -0.119. The molecule has 0 spiro atoms. The maximum absolute atomic E-state index is 12.3. The third-order valence-corrected chi connectivity index (χ3v) is 5.60. The maximum Gasteiger partial charge on any atom is 0.230 e. The van der Waals surface area contributed by atoms with Crippen molar-refractivity contribution in [3.05, 3.63) is 30.6 Å². The molecule has 1 N–H and O–H groups in total. The van der Waals surface area contributed by atoms with Gasteiger partial charge >= 0.3 is 0 Å². The van der Waals surface area contributed by atoms with Crippen LogP contribution < -0.4 is 10.1 Å². The van der Waals surface area contributed by atoms with Crippen LogP contribution >= 0.6 is 11.8 Å². The van der Waals surface area contributed by atoms with Crippen LogP contribution in [0.15, 0.2) is 35.7 Å². The topological polar surface area (TPSA) is 69.0 Å². The fourth-order valence-corrected chi connectivity index (χ4v) is 3.89. The Hall–Kier alpha value is -2.02. The van der Waals surface area contributed by atoms with E-state index in [1.807, 2.05) is 28.8 Å². The van der Waals surface area contributed by atoms with E-state index in [0.29, 0.717) is 22.9 Å². The molecule has 2 unspecified atom stereocenters. The zero-order chi connectivity index (χ0) is 17.6. The van der Waals surface area contributed by atoms with E-state index >= 15 is 0 Å². The Labute approximate surface area is 152 Å². The van der Waals surface area contributed by atoms with Gasteiger partial charge in [0.2, 0.25) is 5.91 Å². The lowest BCUT2D eigenvalue weighted by atomic mass is 9.86.